The van der Waals surface area contributed by atoms with Gasteiger partial charge in [0.2, 0.25) is 5.66 Å². The highest BCUT2D eigenvalue weighted by Gasteiger charge is 2.30. The number of hydrogen-bond acceptors (Lipinski definition) is 4. The fraction of sp³-hybridized carbons (Fsp3) is 0.273. The first-order chi connectivity index (χ1) is 8.17. The van der Waals surface area contributed by atoms with Gasteiger partial charge in [0.05, 0.1) is 22.3 Å². The molecule has 1 aromatic rings. The summed E-state index contributed by atoms with van der Waals surface area (Å²) in [6, 6.07) is 7.44. The normalized spacial score (nSPS) is 22.4. The summed E-state index contributed by atoms with van der Waals surface area (Å²) < 4.78 is 0. The summed E-state index contributed by atoms with van der Waals surface area (Å²) in [6.07, 6.45) is 1.68. The van der Waals surface area contributed by atoms with Crippen molar-refractivity contribution in [1.82, 2.24) is 5.32 Å². The van der Waals surface area contributed by atoms with Gasteiger partial charge in [0.15, 0.2) is 0 Å². The topological polar surface area (TPSA) is 60.2 Å². The van der Waals surface area contributed by atoms with Crippen molar-refractivity contribution in [2.75, 3.05) is 18.4 Å². The first kappa shape index (κ1) is 12.2. The average molecular weight is 269 g/mol. The van der Waals surface area contributed by atoms with Crippen LogP contribution >= 0.6 is 23.2 Å². The molecule has 0 aliphatic carbocycles. The third-order valence-corrected chi connectivity index (χ3v) is 3.29. The van der Waals surface area contributed by atoms with Crippen LogP contribution < -0.4 is 10.6 Å². The Morgan fingerprint density at radius 2 is 2.35 bits per heavy atom. The Kier molecular flexibility index (Phi) is 3.53. The van der Waals surface area contributed by atoms with Crippen LogP contribution in [-0.4, -0.2) is 25.0 Å². The van der Waals surface area contributed by atoms with Crippen LogP contribution in [0.1, 0.15) is 0 Å². The Morgan fingerprint density at radius 3 is 3.00 bits per heavy atom. The molecule has 4 nitrogen and oxygen atoms in total. The van der Waals surface area contributed by atoms with Crippen LogP contribution in [0.25, 0.3) is 0 Å². The molecule has 1 aliphatic rings. The standard InChI is InChI=1S/C11H10Cl2N4/c12-8-2-1-3-9(10(8)13)15-7-11(6-14)16-4-5-17-11/h1-4,15,17H,5,7H2. The van der Waals surface area contributed by atoms with Crippen molar-refractivity contribution in [2.45, 2.75) is 5.66 Å². The second-order valence-electron chi connectivity index (χ2n) is 3.62. The lowest BCUT2D eigenvalue weighted by Gasteiger charge is -2.20. The van der Waals surface area contributed by atoms with E-state index in [9.17, 15) is 0 Å². The van der Waals surface area contributed by atoms with Gasteiger partial charge < -0.3 is 5.32 Å². The van der Waals surface area contributed by atoms with Gasteiger partial charge in [-0.15, -0.1) is 0 Å². The Bertz CT molecular complexity index is 495. The maximum absolute atomic E-state index is 9.09. The van der Waals surface area contributed by atoms with E-state index >= 15 is 0 Å². The zero-order valence-electron chi connectivity index (χ0n) is 8.87. The SMILES string of the molecule is N#CC1(CNc2cccc(Cl)c2Cl)N=CCN1. The van der Waals surface area contributed by atoms with Crippen LogP contribution in [0.15, 0.2) is 23.2 Å². The third-order valence-electron chi connectivity index (χ3n) is 2.47. The lowest BCUT2D eigenvalue weighted by atomic mass is 10.2. The Labute approximate surface area is 109 Å². The molecule has 2 N–H and O–H groups in total. The van der Waals surface area contributed by atoms with Crippen molar-refractivity contribution in [1.29, 1.82) is 5.26 Å². The molecule has 1 aliphatic heterocycles. The third kappa shape index (κ3) is 2.52. The molecule has 0 saturated heterocycles. The molecule has 6 heteroatoms. The van der Waals surface area contributed by atoms with E-state index in [4.69, 9.17) is 28.5 Å². The van der Waals surface area contributed by atoms with E-state index in [1.54, 1.807) is 24.4 Å². The average Bonchev–Trinajstić information content (AvgIpc) is 2.81. The maximum Gasteiger partial charge on any atom is 0.215 e. The van der Waals surface area contributed by atoms with Gasteiger partial charge in [-0.25, -0.2) is 0 Å². The number of aliphatic imine (C=N–C) groups is 1. The Hall–Kier alpha value is -1.28. The van der Waals surface area contributed by atoms with E-state index < -0.39 is 5.66 Å². The number of nitrogens with zero attached hydrogens (tertiary/aromatic N) is 2. The minimum Gasteiger partial charge on any atom is -0.379 e. The fourth-order valence-corrected chi connectivity index (χ4v) is 1.91. The zero-order valence-corrected chi connectivity index (χ0v) is 10.4. The van der Waals surface area contributed by atoms with Crippen LogP contribution in [0.5, 0.6) is 0 Å². The molecule has 0 amide bonds. The monoisotopic (exact) mass is 268 g/mol. The predicted molar refractivity (Wildman–Crippen MR) is 69.8 cm³/mol. The number of benzene rings is 1. The van der Waals surface area contributed by atoms with E-state index in [0.717, 1.165) is 0 Å². The van der Waals surface area contributed by atoms with Gasteiger partial charge in [-0.05, 0) is 12.1 Å². The van der Waals surface area contributed by atoms with Gasteiger partial charge in [-0.2, -0.15) is 5.26 Å². The van der Waals surface area contributed by atoms with Gasteiger partial charge in [0.1, 0.15) is 6.07 Å². The van der Waals surface area contributed by atoms with Crippen molar-refractivity contribution in [3.05, 3.63) is 28.2 Å². The van der Waals surface area contributed by atoms with E-state index in [-0.39, 0.29) is 0 Å². The maximum atomic E-state index is 9.09. The molecule has 0 spiro atoms. The van der Waals surface area contributed by atoms with Crippen LogP contribution in [-0.2, 0) is 0 Å². The molecule has 1 atom stereocenters. The van der Waals surface area contributed by atoms with E-state index in [1.807, 2.05) is 0 Å². The summed E-state index contributed by atoms with van der Waals surface area (Å²) >= 11 is 11.9. The summed E-state index contributed by atoms with van der Waals surface area (Å²) in [5.41, 5.74) is -0.219. The summed E-state index contributed by atoms with van der Waals surface area (Å²) in [7, 11) is 0. The molecule has 1 unspecified atom stereocenters. The van der Waals surface area contributed by atoms with Crippen LogP contribution in [0.2, 0.25) is 10.0 Å². The van der Waals surface area contributed by atoms with E-state index in [1.165, 1.54) is 0 Å². The summed E-state index contributed by atoms with van der Waals surface area (Å²) in [5.74, 6) is 0. The Morgan fingerprint density at radius 1 is 1.53 bits per heavy atom. The second-order valence-corrected chi connectivity index (χ2v) is 4.40. The van der Waals surface area contributed by atoms with Crippen LogP contribution in [0.3, 0.4) is 0 Å². The van der Waals surface area contributed by atoms with Gasteiger partial charge in [-0.1, -0.05) is 29.3 Å². The van der Waals surface area contributed by atoms with Crippen LogP contribution in [0, 0.1) is 11.3 Å². The summed E-state index contributed by atoms with van der Waals surface area (Å²) in [6.45, 7) is 0.929. The zero-order chi connectivity index (χ0) is 12.3. The van der Waals surface area contributed by atoms with E-state index in [0.29, 0.717) is 28.8 Å². The van der Waals surface area contributed by atoms with Crippen molar-refractivity contribution >= 4 is 35.1 Å². The highest BCUT2D eigenvalue weighted by molar-refractivity contribution is 6.43. The number of halogens is 2. The largest absolute Gasteiger partial charge is 0.379 e. The molecule has 0 fully saturated rings. The minimum atomic E-state index is -0.911. The highest BCUT2D eigenvalue weighted by Crippen LogP contribution is 2.29. The fourth-order valence-electron chi connectivity index (χ4n) is 1.54. The van der Waals surface area contributed by atoms with Gasteiger partial charge in [0, 0.05) is 12.8 Å². The summed E-state index contributed by atoms with van der Waals surface area (Å²) in [4.78, 5) is 4.12. The molecule has 2 rings (SSSR count). The van der Waals surface area contributed by atoms with Gasteiger partial charge in [0.25, 0.3) is 0 Å². The molecule has 17 heavy (non-hydrogen) atoms. The van der Waals surface area contributed by atoms with E-state index in [2.05, 4.69) is 21.7 Å². The predicted octanol–water partition coefficient (Wildman–Crippen LogP) is 2.30. The molecule has 88 valence electrons. The first-order valence-electron chi connectivity index (χ1n) is 5.05. The van der Waals surface area contributed by atoms with Crippen molar-refractivity contribution in [3.8, 4) is 6.07 Å². The lowest BCUT2D eigenvalue weighted by Crippen LogP contribution is -2.44. The molecular weight excluding hydrogens is 259 g/mol. The molecule has 1 aromatic carbocycles. The van der Waals surface area contributed by atoms with Crippen molar-refractivity contribution in [2.24, 2.45) is 4.99 Å². The lowest BCUT2D eigenvalue weighted by molar-refractivity contribution is 0.509. The smallest absolute Gasteiger partial charge is 0.215 e. The minimum absolute atomic E-state index is 0.333. The molecule has 0 saturated carbocycles. The summed E-state index contributed by atoms with van der Waals surface area (Å²) in [5, 5.41) is 16.1. The highest BCUT2D eigenvalue weighted by atomic mass is 35.5. The number of hydrogen-bond donors (Lipinski definition) is 2. The Balaban J connectivity index is 2.10. The number of nitriles is 1. The number of nitrogens with one attached hydrogen (secondary N) is 2. The number of rotatable bonds is 3. The first-order valence-corrected chi connectivity index (χ1v) is 5.80. The quantitative estimate of drug-likeness (QED) is 0.885. The van der Waals surface area contributed by atoms with Gasteiger partial charge in [-0.3, -0.25) is 10.3 Å². The van der Waals surface area contributed by atoms with Crippen molar-refractivity contribution in [3.63, 3.8) is 0 Å². The molecular formula is C11H10Cl2N4. The van der Waals surface area contributed by atoms with Crippen LogP contribution in [0.4, 0.5) is 5.69 Å². The molecule has 0 aromatic heterocycles. The molecule has 0 bridgehead atoms. The molecule has 0 radical (unpaired) electrons. The second kappa shape index (κ2) is 4.92. The van der Waals surface area contributed by atoms with Gasteiger partial charge >= 0.3 is 0 Å². The number of anilines is 1. The van der Waals surface area contributed by atoms with Crippen molar-refractivity contribution < 1.29 is 0 Å². The molecule has 1 heterocycles.